The van der Waals surface area contributed by atoms with Crippen molar-refractivity contribution < 1.29 is 0 Å². The van der Waals surface area contributed by atoms with E-state index in [2.05, 4.69) is 41.8 Å². The second-order valence-electron chi connectivity index (χ2n) is 6.12. The standard InChI is InChI=1S/C15H27N3/c1-12(2)10-18-11-13(3)17-15(18)16-9-8-14-6-4-5-7-14/h11-12,14H,4-10H2,1-3H3,(H,16,17). The molecule has 0 aromatic carbocycles. The van der Waals surface area contributed by atoms with Crippen LogP contribution >= 0.6 is 0 Å². The van der Waals surface area contributed by atoms with Crippen LogP contribution in [0.2, 0.25) is 0 Å². The van der Waals surface area contributed by atoms with Crippen LogP contribution in [0.3, 0.4) is 0 Å². The fourth-order valence-corrected chi connectivity index (χ4v) is 2.91. The van der Waals surface area contributed by atoms with Crippen LogP contribution in [0.4, 0.5) is 5.95 Å². The molecule has 3 nitrogen and oxygen atoms in total. The zero-order chi connectivity index (χ0) is 13.0. The lowest BCUT2D eigenvalue weighted by Crippen LogP contribution is -2.13. The number of rotatable bonds is 6. The number of anilines is 1. The van der Waals surface area contributed by atoms with Crippen molar-refractivity contribution in [2.45, 2.75) is 59.4 Å². The van der Waals surface area contributed by atoms with Crippen LogP contribution in [0.15, 0.2) is 6.20 Å². The van der Waals surface area contributed by atoms with Gasteiger partial charge in [-0.1, -0.05) is 39.5 Å². The topological polar surface area (TPSA) is 29.9 Å². The number of hydrogen-bond acceptors (Lipinski definition) is 2. The first kappa shape index (κ1) is 13.4. The first-order valence-electron chi connectivity index (χ1n) is 7.43. The quantitative estimate of drug-likeness (QED) is 0.830. The summed E-state index contributed by atoms with van der Waals surface area (Å²) in [5.74, 6) is 2.67. The van der Waals surface area contributed by atoms with E-state index < -0.39 is 0 Å². The summed E-state index contributed by atoms with van der Waals surface area (Å²) in [6, 6.07) is 0. The predicted molar refractivity (Wildman–Crippen MR) is 76.9 cm³/mol. The molecule has 0 aliphatic heterocycles. The molecule has 0 radical (unpaired) electrons. The van der Waals surface area contributed by atoms with Gasteiger partial charge in [0.2, 0.25) is 5.95 Å². The average molecular weight is 249 g/mol. The number of aryl methyl sites for hydroxylation is 1. The van der Waals surface area contributed by atoms with Gasteiger partial charge in [0.1, 0.15) is 0 Å². The molecule has 0 atom stereocenters. The van der Waals surface area contributed by atoms with Gasteiger partial charge in [-0.25, -0.2) is 4.98 Å². The Balaban J connectivity index is 1.83. The minimum absolute atomic E-state index is 0.661. The Bertz CT molecular complexity index is 362. The summed E-state index contributed by atoms with van der Waals surface area (Å²) in [6.07, 6.45) is 9.19. The molecule has 1 heterocycles. The van der Waals surface area contributed by atoms with E-state index in [4.69, 9.17) is 0 Å². The molecule has 0 spiro atoms. The highest BCUT2D eigenvalue weighted by Gasteiger charge is 2.14. The zero-order valence-electron chi connectivity index (χ0n) is 12.1. The van der Waals surface area contributed by atoms with E-state index in [1.54, 1.807) is 0 Å². The van der Waals surface area contributed by atoms with E-state index in [0.29, 0.717) is 5.92 Å². The Morgan fingerprint density at radius 3 is 2.78 bits per heavy atom. The SMILES string of the molecule is Cc1cn(CC(C)C)c(NCCC2CCCC2)n1. The highest BCUT2D eigenvalue weighted by molar-refractivity contribution is 5.28. The van der Waals surface area contributed by atoms with Crippen LogP contribution in [0.25, 0.3) is 0 Å². The molecule has 0 unspecified atom stereocenters. The van der Waals surface area contributed by atoms with Gasteiger partial charge >= 0.3 is 0 Å². The van der Waals surface area contributed by atoms with Gasteiger partial charge in [-0.15, -0.1) is 0 Å². The number of hydrogen-bond donors (Lipinski definition) is 1. The van der Waals surface area contributed by atoms with Gasteiger partial charge in [-0.05, 0) is 25.2 Å². The van der Waals surface area contributed by atoms with Gasteiger partial charge in [0.05, 0.1) is 5.69 Å². The Kier molecular flexibility index (Phi) is 4.67. The van der Waals surface area contributed by atoms with Gasteiger partial charge in [-0.3, -0.25) is 0 Å². The van der Waals surface area contributed by atoms with Gasteiger partial charge in [-0.2, -0.15) is 0 Å². The summed E-state index contributed by atoms with van der Waals surface area (Å²) in [7, 11) is 0. The maximum atomic E-state index is 4.58. The van der Waals surface area contributed by atoms with E-state index in [-0.39, 0.29) is 0 Å². The summed E-state index contributed by atoms with van der Waals surface area (Å²) >= 11 is 0. The van der Waals surface area contributed by atoms with E-state index in [1.165, 1.54) is 32.1 Å². The summed E-state index contributed by atoms with van der Waals surface area (Å²) in [5.41, 5.74) is 1.11. The van der Waals surface area contributed by atoms with Crippen molar-refractivity contribution in [1.82, 2.24) is 9.55 Å². The van der Waals surface area contributed by atoms with E-state index in [9.17, 15) is 0 Å². The largest absolute Gasteiger partial charge is 0.356 e. The van der Waals surface area contributed by atoms with Crippen molar-refractivity contribution >= 4 is 5.95 Å². The number of imidazole rings is 1. The van der Waals surface area contributed by atoms with Crippen molar-refractivity contribution in [2.24, 2.45) is 11.8 Å². The molecule has 1 saturated carbocycles. The Labute approximate surface area is 111 Å². The molecule has 1 aromatic rings. The third kappa shape index (κ3) is 3.76. The molecule has 1 fully saturated rings. The average Bonchev–Trinajstić information content (AvgIpc) is 2.89. The molecule has 0 bridgehead atoms. The van der Waals surface area contributed by atoms with Crippen LogP contribution in [-0.4, -0.2) is 16.1 Å². The van der Waals surface area contributed by atoms with Gasteiger partial charge in [0.15, 0.2) is 0 Å². The molecule has 0 amide bonds. The maximum absolute atomic E-state index is 4.58. The van der Waals surface area contributed by atoms with E-state index >= 15 is 0 Å². The van der Waals surface area contributed by atoms with Crippen LogP contribution in [0.1, 0.15) is 51.6 Å². The monoisotopic (exact) mass is 249 g/mol. The summed E-state index contributed by atoms with van der Waals surface area (Å²) in [6.45, 7) is 8.68. The number of nitrogens with zero attached hydrogens (tertiary/aromatic N) is 2. The maximum Gasteiger partial charge on any atom is 0.203 e. The van der Waals surface area contributed by atoms with Crippen LogP contribution in [0, 0.1) is 18.8 Å². The Hall–Kier alpha value is -0.990. The second kappa shape index (κ2) is 6.26. The molecular weight excluding hydrogens is 222 g/mol. The van der Waals surface area contributed by atoms with Crippen molar-refractivity contribution in [3.63, 3.8) is 0 Å². The molecule has 3 heteroatoms. The molecular formula is C15H27N3. The molecule has 1 aliphatic rings. The third-order valence-electron chi connectivity index (χ3n) is 3.77. The molecule has 1 N–H and O–H groups in total. The third-order valence-corrected chi connectivity index (χ3v) is 3.77. The highest BCUT2D eigenvalue weighted by Crippen LogP contribution is 2.27. The van der Waals surface area contributed by atoms with Gasteiger partial charge < -0.3 is 9.88 Å². The Morgan fingerprint density at radius 2 is 2.11 bits per heavy atom. The van der Waals surface area contributed by atoms with E-state index in [1.807, 2.05) is 0 Å². The smallest absolute Gasteiger partial charge is 0.203 e. The molecule has 0 saturated heterocycles. The molecule has 1 aromatic heterocycles. The first-order valence-corrected chi connectivity index (χ1v) is 7.43. The number of nitrogens with one attached hydrogen (secondary N) is 1. The fraction of sp³-hybridized carbons (Fsp3) is 0.800. The van der Waals surface area contributed by atoms with Gasteiger partial charge in [0, 0.05) is 19.3 Å². The van der Waals surface area contributed by atoms with Crippen LogP contribution in [0.5, 0.6) is 0 Å². The van der Waals surface area contributed by atoms with Gasteiger partial charge in [0.25, 0.3) is 0 Å². The van der Waals surface area contributed by atoms with Crippen molar-refractivity contribution in [2.75, 3.05) is 11.9 Å². The lowest BCUT2D eigenvalue weighted by atomic mass is 10.0. The number of aromatic nitrogens is 2. The lowest BCUT2D eigenvalue weighted by molar-refractivity contribution is 0.509. The summed E-state index contributed by atoms with van der Waals surface area (Å²) in [5, 5.41) is 3.52. The molecule has 1 aliphatic carbocycles. The lowest BCUT2D eigenvalue weighted by Gasteiger charge is -2.13. The van der Waals surface area contributed by atoms with E-state index in [0.717, 1.165) is 30.6 Å². The molecule has 18 heavy (non-hydrogen) atoms. The predicted octanol–water partition coefficient (Wildman–Crippen LogP) is 3.84. The molecule has 2 rings (SSSR count). The highest BCUT2D eigenvalue weighted by atomic mass is 15.2. The summed E-state index contributed by atoms with van der Waals surface area (Å²) < 4.78 is 2.26. The minimum Gasteiger partial charge on any atom is -0.356 e. The van der Waals surface area contributed by atoms with Crippen LogP contribution in [-0.2, 0) is 6.54 Å². The minimum atomic E-state index is 0.661. The van der Waals surface area contributed by atoms with Crippen molar-refractivity contribution in [1.29, 1.82) is 0 Å². The second-order valence-corrected chi connectivity index (χ2v) is 6.12. The van der Waals surface area contributed by atoms with Crippen molar-refractivity contribution in [3.05, 3.63) is 11.9 Å². The fourth-order valence-electron chi connectivity index (χ4n) is 2.91. The van der Waals surface area contributed by atoms with Crippen LogP contribution < -0.4 is 5.32 Å². The Morgan fingerprint density at radius 1 is 1.39 bits per heavy atom. The normalized spacial score (nSPS) is 16.7. The first-order chi connectivity index (χ1) is 8.65. The zero-order valence-corrected chi connectivity index (χ0v) is 12.1. The summed E-state index contributed by atoms with van der Waals surface area (Å²) in [4.78, 5) is 4.58. The van der Waals surface area contributed by atoms with Crippen molar-refractivity contribution in [3.8, 4) is 0 Å². The molecule has 102 valence electrons.